The molecular weight excluding hydrogens is 297 g/mol. The van der Waals surface area contributed by atoms with Crippen LogP contribution in [0.2, 0.25) is 0 Å². The van der Waals surface area contributed by atoms with Gasteiger partial charge in [-0.25, -0.2) is 19.9 Å². The second kappa shape index (κ2) is 5.15. The van der Waals surface area contributed by atoms with E-state index in [1.165, 1.54) is 4.57 Å². The van der Waals surface area contributed by atoms with Crippen molar-refractivity contribution in [2.75, 3.05) is 5.73 Å². The Bertz CT molecular complexity index is 679. The van der Waals surface area contributed by atoms with Crippen molar-refractivity contribution < 1.29 is 13.2 Å². The SMILES string of the molecule is CCn1c(Sc2cc(C(F)(F)F)nc(N)n2)n[nH]c1=O. The molecule has 11 heteroatoms. The van der Waals surface area contributed by atoms with E-state index >= 15 is 0 Å². The fourth-order valence-corrected chi connectivity index (χ4v) is 2.30. The van der Waals surface area contributed by atoms with Gasteiger partial charge < -0.3 is 5.73 Å². The Balaban J connectivity index is 2.39. The van der Waals surface area contributed by atoms with Crippen LogP contribution in [-0.2, 0) is 12.7 Å². The van der Waals surface area contributed by atoms with Crippen LogP contribution in [0.25, 0.3) is 0 Å². The monoisotopic (exact) mass is 306 g/mol. The average Bonchev–Trinajstić information content (AvgIpc) is 2.68. The van der Waals surface area contributed by atoms with Crippen LogP contribution in [0.4, 0.5) is 19.1 Å². The number of hydrogen-bond donors (Lipinski definition) is 2. The van der Waals surface area contributed by atoms with Crippen molar-refractivity contribution in [1.82, 2.24) is 24.7 Å². The standard InChI is InChI=1S/C9H9F3N6OS/c1-2-18-7(19)16-17-8(18)20-5-3-4(9(10,11)12)14-6(13)15-5/h3H,2H2,1H3,(H,16,19)(H2,13,14,15). The van der Waals surface area contributed by atoms with E-state index in [0.29, 0.717) is 6.54 Å². The zero-order chi connectivity index (χ0) is 14.9. The van der Waals surface area contributed by atoms with Gasteiger partial charge in [0, 0.05) is 12.6 Å². The molecule has 0 saturated carbocycles. The normalized spacial score (nSPS) is 11.8. The van der Waals surface area contributed by atoms with Gasteiger partial charge in [0.15, 0.2) is 10.9 Å². The van der Waals surface area contributed by atoms with Crippen LogP contribution in [0, 0.1) is 0 Å². The summed E-state index contributed by atoms with van der Waals surface area (Å²) in [5, 5.41) is 6.07. The minimum absolute atomic E-state index is 0.0430. The van der Waals surface area contributed by atoms with Gasteiger partial charge in [0.1, 0.15) is 5.03 Å². The first-order valence-corrected chi connectivity index (χ1v) is 6.17. The van der Waals surface area contributed by atoms with Crippen LogP contribution in [0.5, 0.6) is 0 Å². The van der Waals surface area contributed by atoms with E-state index in [2.05, 4.69) is 20.2 Å². The zero-order valence-corrected chi connectivity index (χ0v) is 10.9. The molecule has 0 atom stereocenters. The molecular formula is C9H9F3N6OS. The largest absolute Gasteiger partial charge is 0.433 e. The molecule has 3 N–H and O–H groups in total. The molecule has 0 aromatic carbocycles. The van der Waals surface area contributed by atoms with Crippen molar-refractivity contribution >= 4 is 17.7 Å². The fourth-order valence-electron chi connectivity index (χ4n) is 1.39. The van der Waals surface area contributed by atoms with Gasteiger partial charge in [-0.15, -0.1) is 5.10 Å². The molecule has 20 heavy (non-hydrogen) atoms. The highest BCUT2D eigenvalue weighted by Crippen LogP contribution is 2.31. The Labute approximate surface area is 114 Å². The lowest BCUT2D eigenvalue weighted by atomic mass is 10.4. The lowest BCUT2D eigenvalue weighted by molar-refractivity contribution is -0.141. The molecule has 0 unspecified atom stereocenters. The third-order valence-corrected chi connectivity index (χ3v) is 3.16. The number of aromatic amines is 1. The third kappa shape index (κ3) is 2.92. The van der Waals surface area contributed by atoms with Crippen LogP contribution < -0.4 is 11.4 Å². The van der Waals surface area contributed by atoms with E-state index in [1.807, 2.05) is 0 Å². The fraction of sp³-hybridized carbons (Fsp3) is 0.333. The number of halogens is 3. The maximum absolute atomic E-state index is 12.6. The van der Waals surface area contributed by atoms with Gasteiger partial charge in [0.05, 0.1) is 0 Å². The molecule has 108 valence electrons. The Morgan fingerprint density at radius 1 is 1.45 bits per heavy atom. The second-order valence-corrected chi connectivity index (χ2v) is 4.59. The predicted octanol–water partition coefficient (Wildman–Crippen LogP) is 1.13. The minimum atomic E-state index is -4.62. The predicted molar refractivity (Wildman–Crippen MR) is 64.1 cm³/mol. The van der Waals surface area contributed by atoms with Crippen molar-refractivity contribution in [1.29, 1.82) is 0 Å². The maximum Gasteiger partial charge on any atom is 0.433 e. The van der Waals surface area contributed by atoms with Gasteiger partial charge in [-0.3, -0.25) is 4.57 Å². The zero-order valence-electron chi connectivity index (χ0n) is 10.1. The number of rotatable bonds is 3. The number of hydrogen-bond acceptors (Lipinski definition) is 6. The number of nitrogen functional groups attached to an aromatic ring is 1. The molecule has 0 bridgehead atoms. The summed E-state index contributed by atoms with van der Waals surface area (Å²) in [5.41, 5.74) is 3.66. The lowest BCUT2D eigenvalue weighted by Gasteiger charge is -2.08. The molecule has 0 spiro atoms. The summed E-state index contributed by atoms with van der Waals surface area (Å²) >= 11 is 0.794. The molecule has 0 aliphatic rings. The number of nitrogens with two attached hydrogens (primary N) is 1. The van der Waals surface area contributed by atoms with Gasteiger partial charge in [0.2, 0.25) is 5.95 Å². The van der Waals surface area contributed by atoms with E-state index in [9.17, 15) is 18.0 Å². The number of H-pyrrole nitrogens is 1. The quantitative estimate of drug-likeness (QED) is 0.824. The third-order valence-electron chi connectivity index (χ3n) is 2.25. The van der Waals surface area contributed by atoms with E-state index in [0.717, 1.165) is 17.8 Å². The molecule has 0 fully saturated rings. The second-order valence-electron chi connectivity index (χ2n) is 3.61. The first kappa shape index (κ1) is 14.4. The molecule has 0 radical (unpaired) electrons. The van der Waals surface area contributed by atoms with Crippen LogP contribution in [0.1, 0.15) is 12.6 Å². The Kier molecular flexibility index (Phi) is 3.70. The van der Waals surface area contributed by atoms with Gasteiger partial charge in [-0.2, -0.15) is 13.2 Å². The van der Waals surface area contributed by atoms with Gasteiger partial charge >= 0.3 is 11.9 Å². The summed E-state index contributed by atoms with van der Waals surface area (Å²) in [6.07, 6.45) is -4.62. The molecule has 0 aliphatic heterocycles. The van der Waals surface area contributed by atoms with E-state index < -0.39 is 23.5 Å². The molecule has 0 amide bonds. The first-order valence-electron chi connectivity index (χ1n) is 5.36. The molecule has 7 nitrogen and oxygen atoms in total. The molecule has 2 rings (SSSR count). The Morgan fingerprint density at radius 2 is 2.15 bits per heavy atom. The summed E-state index contributed by atoms with van der Waals surface area (Å²) in [4.78, 5) is 18.2. The van der Waals surface area contributed by atoms with Crippen molar-refractivity contribution in [2.45, 2.75) is 29.8 Å². The van der Waals surface area contributed by atoms with Crippen LogP contribution >= 0.6 is 11.8 Å². The Hall–Kier alpha value is -2.04. The molecule has 0 aliphatic carbocycles. The topological polar surface area (TPSA) is 102 Å². The number of nitrogens with zero attached hydrogens (tertiary/aromatic N) is 4. The summed E-state index contributed by atoms with van der Waals surface area (Å²) in [6.45, 7) is 2.03. The Morgan fingerprint density at radius 3 is 2.75 bits per heavy atom. The van der Waals surface area contributed by atoms with Crippen LogP contribution in [-0.4, -0.2) is 24.7 Å². The molecule has 2 aromatic rings. The van der Waals surface area contributed by atoms with Crippen LogP contribution in [0.3, 0.4) is 0 Å². The highest BCUT2D eigenvalue weighted by atomic mass is 32.2. The summed E-state index contributed by atoms with van der Waals surface area (Å²) in [7, 11) is 0. The van der Waals surface area contributed by atoms with Crippen LogP contribution in [0.15, 0.2) is 21.0 Å². The van der Waals surface area contributed by atoms with Crippen molar-refractivity contribution in [3.05, 3.63) is 22.2 Å². The first-order chi connectivity index (χ1) is 9.31. The highest BCUT2D eigenvalue weighted by molar-refractivity contribution is 7.99. The highest BCUT2D eigenvalue weighted by Gasteiger charge is 2.33. The number of alkyl halides is 3. The van der Waals surface area contributed by atoms with Crippen molar-refractivity contribution in [3.8, 4) is 0 Å². The van der Waals surface area contributed by atoms with Gasteiger partial charge in [-0.1, -0.05) is 0 Å². The van der Waals surface area contributed by atoms with Gasteiger partial charge in [-0.05, 0) is 18.7 Å². The molecule has 2 aromatic heterocycles. The lowest BCUT2D eigenvalue weighted by Crippen LogP contribution is -2.16. The summed E-state index contributed by atoms with van der Waals surface area (Å²) in [5.74, 6) is -0.497. The number of aromatic nitrogens is 5. The number of anilines is 1. The molecule has 0 saturated heterocycles. The van der Waals surface area contributed by atoms with Gasteiger partial charge in [0.25, 0.3) is 0 Å². The van der Waals surface area contributed by atoms with E-state index in [1.54, 1.807) is 6.92 Å². The van der Waals surface area contributed by atoms with Crippen molar-refractivity contribution in [3.63, 3.8) is 0 Å². The van der Waals surface area contributed by atoms with E-state index in [-0.39, 0.29) is 10.2 Å². The van der Waals surface area contributed by atoms with E-state index in [4.69, 9.17) is 5.73 Å². The molecule has 2 heterocycles. The summed E-state index contributed by atoms with van der Waals surface area (Å²) in [6, 6.07) is 0.750. The number of nitrogens with one attached hydrogen (secondary N) is 1. The van der Waals surface area contributed by atoms with Crippen molar-refractivity contribution in [2.24, 2.45) is 0 Å². The minimum Gasteiger partial charge on any atom is -0.368 e. The smallest absolute Gasteiger partial charge is 0.368 e. The maximum atomic E-state index is 12.6. The summed E-state index contributed by atoms with van der Waals surface area (Å²) < 4.78 is 39.1. The average molecular weight is 306 g/mol.